The van der Waals surface area contributed by atoms with Crippen molar-refractivity contribution < 1.29 is 5.11 Å². The number of nitrogens with zero attached hydrogens (tertiary/aromatic N) is 3. The molecule has 0 bridgehead atoms. The molecule has 2 aliphatic heterocycles. The first-order valence-corrected chi connectivity index (χ1v) is 11.5. The first-order valence-electron chi connectivity index (χ1n) is 11.5. The third kappa shape index (κ3) is 4.87. The summed E-state index contributed by atoms with van der Waals surface area (Å²) < 4.78 is 1.94. The maximum absolute atomic E-state index is 10.7. The standard InChI is InChI=1S/C26H35N7O/c1-25(2)13-18(14-26(3,4)31-25)32(5)23(28)9-8-20(27)19-7-6-17(12-22(19)34)21-15-30-24-16-29-10-11-33(21)24/h6-12,15-16,18,28-29,31,34H,13-14,27H2,1-5H3. The number of nitrogens with one attached hydrogen (secondary N) is 3. The van der Waals surface area contributed by atoms with Crippen LogP contribution in [0.5, 0.6) is 5.75 Å². The van der Waals surface area contributed by atoms with Crippen LogP contribution in [0.2, 0.25) is 0 Å². The highest BCUT2D eigenvalue weighted by atomic mass is 16.3. The van der Waals surface area contributed by atoms with Crippen LogP contribution in [-0.2, 0) is 0 Å². The fourth-order valence-electron chi connectivity index (χ4n) is 5.14. The molecule has 0 unspecified atom stereocenters. The van der Waals surface area contributed by atoms with Gasteiger partial charge in [0.15, 0.2) is 5.48 Å². The summed E-state index contributed by atoms with van der Waals surface area (Å²) >= 11 is 0. The number of benzene rings is 1. The topological polar surface area (TPSA) is 115 Å². The van der Waals surface area contributed by atoms with Crippen LogP contribution < -0.4 is 27.1 Å². The zero-order valence-electron chi connectivity index (χ0n) is 20.6. The van der Waals surface area contributed by atoms with Gasteiger partial charge >= 0.3 is 0 Å². The maximum atomic E-state index is 10.7. The van der Waals surface area contributed by atoms with Crippen molar-refractivity contribution >= 4 is 23.9 Å². The molecule has 1 aromatic heterocycles. The van der Waals surface area contributed by atoms with E-state index in [2.05, 4.69) is 43.3 Å². The first kappa shape index (κ1) is 23.6. The lowest BCUT2D eigenvalue weighted by atomic mass is 9.79. The van der Waals surface area contributed by atoms with Crippen LogP contribution in [0.15, 0.2) is 42.7 Å². The Balaban J connectivity index is 1.59. The third-order valence-corrected chi connectivity index (χ3v) is 6.48. The molecule has 34 heavy (non-hydrogen) atoms. The Morgan fingerprint density at radius 3 is 2.62 bits per heavy atom. The second-order valence-electron chi connectivity index (χ2n) is 10.5. The molecule has 0 aliphatic carbocycles. The van der Waals surface area contributed by atoms with Crippen LogP contribution in [0, 0.1) is 16.0 Å². The minimum absolute atomic E-state index is 0.00243. The van der Waals surface area contributed by atoms with E-state index in [4.69, 9.17) is 11.1 Å². The van der Waals surface area contributed by atoms with Gasteiger partial charge in [-0.25, -0.2) is 4.98 Å². The lowest BCUT2D eigenvalue weighted by Gasteiger charge is -2.49. The molecule has 2 aliphatic rings. The molecule has 3 heterocycles. The molecule has 1 fully saturated rings. The minimum Gasteiger partial charge on any atom is -0.507 e. The second-order valence-corrected chi connectivity index (χ2v) is 10.5. The van der Waals surface area contributed by atoms with Crippen molar-refractivity contribution in [1.29, 1.82) is 5.41 Å². The molecule has 8 heteroatoms. The predicted molar refractivity (Wildman–Crippen MR) is 137 cm³/mol. The van der Waals surface area contributed by atoms with E-state index in [0.717, 1.165) is 28.9 Å². The van der Waals surface area contributed by atoms with E-state index in [9.17, 15) is 5.11 Å². The number of hydrogen-bond acceptors (Lipinski definition) is 6. The number of fused-ring (bicyclic) bond motifs is 1. The monoisotopic (exact) mass is 461 g/mol. The molecule has 0 radical (unpaired) electrons. The average Bonchev–Trinajstić information content (AvgIpc) is 3.18. The molecule has 8 nitrogen and oxygen atoms in total. The average molecular weight is 462 g/mol. The molecule has 6 N–H and O–H groups in total. The Morgan fingerprint density at radius 2 is 1.94 bits per heavy atom. The van der Waals surface area contributed by atoms with E-state index in [0.29, 0.717) is 16.8 Å². The molecule has 4 rings (SSSR count). The molecular formula is C26H35N7O. The highest BCUT2D eigenvalue weighted by Crippen LogP contribution is 2.31. The van der Waals surface area contributed by atoms with Crippen LogP contribution in [0.1, 0.15) is 40.5 Å². The van der Waals surface area contributed by atoms with Crippen molar-refractivity contribution in [3.8, 4) is 5.75 Å². The predicted octanol–water partition coefficient (Wildman–Crippen LogP) is 1.49. The van der Waals surface area contributed by atoms with Crippen molar-refractivity contribution in [2.45, 2.75) is 57.7 Å². The van der Waals surface area contributed by atoms with Gasteiger partial charge in [-0.2, -0.15) is 0 Å². The van der Waals surface area contributed by atoms with Gasteiger partial charge in [0.1, 0.15) is 11.6 Å². The zero-order valence-corrected chi connectivity index (χ0v) is 20.6. The van der Waals surface area contributed by atoms with Crippen molar-refractivity contribution in [2.24, 2.45) is 5.73 Å². The van der Waals surface area contributed by atoms with Gasteiger partial charge < -0.3 is 26.4 Å². The molecule has 0 saturated carbocycles. The fourth-order valence-corrected chi connectivity index (χ4v) is 5.14. The number of rotatable bonds is 3. The molecule has 2 aromatic rings. The highest BCUT2D eigenvalue weighted by molar-refractivity contribution is 5.91. The van der Waals surface area contributed by atoms with Crippen molar-refractivity contribution in [1.82, 2.24) is 25.1 Å². The Labute approximate surface area is 200 Å². The van der Waals surface area contributed by atoms with E-state index in [1.165, 1.54) is 0 Å². The lowest BCUT2D eigenvalue weighted by Crippen LogP contribution is -2.62. The highest BCUT2D eigenvalue weighted by Gasteiger charge is 2.39. The van der Waals surface area contributed by atoms with Gasteiger partial charge in [-0.1, -0.05) is 6.07 Å². The smallest absolute Gasteiger partial charge is 0.153 e. The molecular weight excluding hydrogens is 426 g/mol. The molecule has 180 valence electrons. The van der Waals surface area contributed by atoms with Gasteiger partial charge in [-0.05, 0) is 64.8 Å². The summed E-state index contributed by atoms with van der Waals surface area (Å²) in [6.45, 7) is 8.82. The maximum Gasteiger partial charge on any atom is 0.153 e. The Bertz CT molecular complexity index is 1370. The van der Waals surface area contributed by atoms with E-state index in [-0.39, 0.29) is 22.9 Å². The van der Waals surface area contributed by atoms with Crippen molar-refractivity contribution in [3.05, 3.63) is 64.0 Å². The largest absolute Gasteiger partial charge is 0.507 e. The number of phenols is 1. The van der Waals surface area contributed by atoms with Gasteiger partial charge in [0.05, 0.1) is 11.5 Å². The van der Waals surface area contributed by atoms with Crippen LogP contribution >= 0.6 is 0 Å². The SMILES string of the molecule is CN(C(=N)C=CC(N)=c1ccc(=c2cnc3n2C=CNC=3)cc1O)C1CC(C)(C)NC(C)(C)C1. The summed E-state index contributed by atoms with van der Waals surface area (Å²) in [6, 6.07) is 5.64. The van der Waals surface area contributed by atoms with E-state index in [1.54, 1.807) is 30.5 Å². The summed E-state index contributed by atoms with van der Waals surface area (Å²) in [5.74, 6) is 0.471. The molecule has 0 spiro atoms. The molecule has 1 saturated heterocycles. The number of amidine groups is 1. The number of hydrogen-bond donors (Lipinski definition) is 5. The van der Waals surface area contributed by atoms with Gasteiger partial charge in [0, 0.05) is 58.9 Å². The molecule has 1 aromatic carbocycles. The Morgan fingerprint density at radius 1 is 1.24 bits per heavy atom. The van der Waals surface area contributed by atoms with Crippen molar-refractivity contribution in [3.63, 3.8) is 0 Å². The normalized spacial score (nSPS) is 20.9. The second kappa shape index (κ2) is 8.68. The summed E-state index contributed by atoms with van der Waals surface area (Å²) in [7, 11) is 1.96. The Hall–Kier alpha value is -3.52. The van der Waals surface area contributed by atoms with Crippen molar-refractivity contribution in [2.75, 3.05) is 7.05 Å². The third-order valence-electron chi connectivity index (χ3n) is 6.48. The van der Waals surface area contributed by atoms with E-state index < -0.39 is 0 Å². The summed E-state index contributed by atoms with van der Waals surface area (Å²) in [5.41, 5.74) is 7.49. The van der Waals surface area contributed by atoms with E-state index >= 15 is 0 Å². The zero-order chi connectivity index (χ0) is 24.7. The summed E-state index contributed by atoms with van der Waals surface area (Å²) in [6.07, 6.45) is 12.6. The first-order chi connectivity index (χ1) is 16.0. The number of imidazole rings is 1. The van der Waals surface area contributed by atoms with Gasteiger partial charge in [-0.15, -0.1) is 0 Å². The number of piperidine rings is 1. The molecule has 0 amide bonds. The summed E-state index contributed by atoms with van der Waals surface area (Å²) in [4.78, 5) is 6.39. The number of phenolic OH excluding ortho intramolecular Hbond substituents is 1. The van der Waals surface area contributed by atoms with Crippen LogP contribution in [0.3, 0.4) is 0 Å². The van der Waals surface area contributed by atoms with Crippen LogP contribution in [-0.4, -0.2) is 49.6 Å². The van der Waals surface area contributed by atoms with E-state index in [1.807, 2.05) is 41.2 Å². The number of aromatic hydroxyl groups is 1. The van der Waals surface area contributed by atoms with Crippen LogP contribution in [0.4, 0.5) is 0 Å². The number of likely N-dealkylation sites (N-methyl/N-ethyl adjacent to an activating group) is 1. The molecule has 0 atom stereocenters. The van der Waals surface area contributed by atoms with Crippen LogP contribution in [0.25, 0.3) is 18.1 Å². The summed E-state index contributed by atoms with van der Waals surface area (Å²) in [5, 5.41) is 28.2. The minimum atomic E-state index is 0.00243. The lowest BCUT2D eigenvalue weighted by molar-refractivity contribution is 0.114. The van der Waals surface area contributed by atoms with Gasteiger partial charge in [-0.3, -0.25) is 9.98 Å². The number of aromatic nitrogens is 2. The van der Waals surface area contributed by atoms with Gasteiger partial charge in [0.2, 0.25) is 0 Å². The Kier molecular flexibility index (Phi) is 6.03. The quantitative estimate of drug-likeness (QED) is 0.349. The van der Waals surface area contributed by atoms with Gasteiger partial charge in [0.25, 0.3) is 0 Å². The fraction of sp³-hybridized carbons (Fsp3) is 0.385. The number of nitrogens with two attached hydrogens (primary N) is 1.